The summed E-state index contributed by atoms with van der Waals surface area (Å²) in [4.78, 5) is 6.71. The zero-order valence-corrected chi connectivity index (χ0v) is 10.1. The smallest absolute Gasteiger partial charge is 0.128 e. The van der Waals surface area contributed by atoms with E-state index < -0.39 is 6.10 Å². The number of hydrogen-bond donors (Lipinski definition) is 1. The Morgan fingerprint density at radius 3 is 3.06 bits per heavy atom. The summed E-state index contributed by atoms with van der Waals surface area (Å²) in [5.74, 6) is 1.75. The van der Waals surface area contributed by atoms with Crippen molar-refractivity contribution in [3.63, 3.8) is 0 Å². The summed E-state index contributed by atoms with van der Waals surface area (Å²) in [6.07, 6.45) is 3.93. The van der Waals surface area contributed by atoms with E-state index in [2.05, 4.69) is 16.8 Å². The molecule has 1 aliphatic rings. The van der Waals surface area contributed by atoms with E-state index in [1.165, 1.54) is 12.8 Å². The molecule has 1 fully saturated rings. The summed E-state index contributed by atoms with van der Waals surface area (Å²) in [5, 5.41) is 9.55. The van der Waals surface area contributed by atoms with Gasteiger partial charge in [-0.05, 0) is 43.4 Å². The number of aliphatic hydroxyl groups excluding tert-OH is 1. The predicted octanol–water partition coefficient (Wildman–Crippen LogP) is 2.37. The minimum Gasteiger partial charge on any atom is -0.389 e. The van der Waals surface area contributed by atoms with Gasteiger partial charge < -0.3 is 10.0 Å². The molecule has 1 N–H and O–H groups in total. The zero-order valence-electron chi connectivity index (χ0n) is 10.1. The number of aliphatic hydroxyl groups is 1. The molecule has 0 aromatic carbocycles. The molecule has 0 aliphatic carbocycles. The van der Waals surface area contributed by atoms with Crippen LogP contribution in [0.25, 0.3) is 0 Å². The van der Waals surface area contributed by atoms with Crippen LogP contribution >= 0.6 is 0 Å². The Morgan fingerprint density at radius 1 is 1.56 bits per heavy atom. The van der Waals surface area contributed by atoms with Gasteiger partial charge in [0.1, 0.15) is 5.82 Å². The summed E-state index contributed by atoms with van der Waals surface area (Å²) >= 11 is 0. The number of anilines is 1. The highest BCUT2D eigenvalue weighted by Gasteiger charge is 2.17. The van der Waals surface area contributed by atoms with Gasteiger partial charge in [-0.1, -0.05) is 6.92 Å². The van der Waals surface area contributed by atoms with Crippen molar-refractivity contribution in [1.29, 1.82) is 0 Å². The number of pyridine rings is 1. The molecule has 3 heteroatoms. The Labute approximate surface area is 97.1 Å². The standard InChI is InChI=1S/C13H20N2O/c1-10-4-3-7-15(9-10)13-8-12(11(2)16)5-6-14-13/h5-6,8,10-11,16H,3-4,7,9H2,1-2H3/t10?,11-/m1/s1. The highest BCUT2D eigenvalue weighted by atomic mass is 16.3. The van der Waals surface area contributed by atoms with Crippen molar-refractivity contribution in [1.82, 2.24) is 4.98 Å². The molecule has 1 aromatic rings. The van der Waals surface area contributed by atoms with Crippen LogP contribution in [0.1, 0.15) is 38.4 Å². The highest BCUT2D eigenvalue weighted by Crippen LogP contribution is 2.23. The van der Waals surface area contributed by atoms with Gasteiger partial charge >= 0.3 is 0 Å². The molecule has 0 amide bonds. The molecule has 0 bridgehead atoms. The molecule has 2 rings (SSSR count). The molecule has 0 saturated carbocycles. The van der Waals surface area contributed by atoms with Crippen molar-refractivity contribution in [3.05, 3.63) is 23.9 Å². The van der Waals surface area contributed by atoms with Crippen molar-refractivity contribution in [2.75, 3.05) is 18.0 Å². The first-order valence-corrected chi connectivity index (χ1v) is 6.06. The molecular weight excluding hydrogens is 200 g/mol. The van der Waals surface area contributed by atoms with Crippen molar-refractivity contribution in [2.24, 2.45) is 5.92 Å². The fourth-order valence-corrected chi connectivity index (χ4v) is 2.26. The van der Waals surface area contributed by atoms with Crippen LogP contribution in [-0.2, 0) is 0 Å². The monoisotopic (exact) mass is 220 g/mol. The quantitative estimate of drug-likeness (QED) is 0.831. The molecule has 2 atom stereocenters. The lowest BCUT2D eigenvalue weighted by atomic mass is 10.0. The number of hydrogen-bond acceptors (Lipinski definition) is 3. The predicted molar refractivity (Wildman–Crippen MR) is 65.5 cm³/mol. The van der Waals surface area contributed by atoms with Gasteiger partial charge in [-0.15, -0.1) is 0 Å². The minimum absolute atomic E-state index is 0.413. The molecule has 0 radical (unpaired) electrons. The summed E-state index contributed by atoms with van der Waals surface area (Å²) < 4.78 is 0. The van der Waals surface area contributed by atoms with Crippen LogP contribution in [0.5, 0.6) is 0 Å². The van der Waals surface area contributed by atoms with Gasteiger partial charge in [0.05, 0.1) is 6.10 Å². The van der Waals surface area contributed by atoms with Crippen molar-refractivity contribution >= 4 is 5.82 Å². The van der Waals surface area contributed by atoms with E-state index in [9.17, 15) is 5.11 Å². The maximum absolute atomic E-state index is 9.55. The maximum Gasteiger partial charge on any atom is 0.128 e. The van der Waals surface area contributed by atoms with Gasteiger partial charge in [-0.3, -0.25) is 0 Å². The Morgan fingerprint density at radius 2 is 2.38 bits per heavy atom. The second-order valence-electron chi connectivity index (χ2n) is 4.82. The Kier molecular flexibility index (Phi) is 3.44. The van der Waals surface area contributed by atoms with Gasteiger partial charge in [0.15, 0.2) is 0 Å². The zero-order chi connectivity index (χ0) is 11.5. The molecule has 0 spiro atoms. The molecular formula is C13H20N2O. The second-order valence-corrected chi connectivity index (χ2v) is 4.82. The molecule has 1 unspecified atom stereocenters. The summed E-state index contributed by atoms with van der Waals surface area (Å²) in [6.45, 7) is 6.24. The van der Waals surface area contributed by atoms with E-state index in [4.69, 9.17) is 0 Å². The summed E-state index contributed by atoms with van der Waals surface area (Å²) in [6, 6.07) is 3.88. The third-order valence-corrected chi connectivity index (χ3v) is 3.23. The maximum atomic E-state index is 9.55. The Balaban J connectivity index is 2.16. The summed E-state index contributed by atoms with van der Waals surface area (Å²) in [7, 11) is 0. The fraction of sp³-hybridized carbons (Fsp3) is 0.615. The van der Waals surface area contributed by atoms with Gasteiger partial charge in [0.2, 0.25) is 0 Å². The molecule has 16 heavy (non-hydrogen) atoms. The van der Waals surface area contributed by atoms with Gasteiger partial charge in [0.25, 0.3) is 0 Å². The number of nitrogens with zero attached hydrogens (tertiary/aromatic N) is 2. The Bertz CT molecular complexity index is 352. The van der Waals surface area contributed by atoms with E-state index in [1.807, 2.05) is 12.1 Å². The second kappa shape index (κ2) is 4.83. The van der Waals surface area contributed by atoms with Crippen molar-refractivity contribution < 1.29 is 5.11 Å². The highest BCUT2D eigenvalue weighted by molar-refractivity contribution is 5.42. The van der Waals surface area contributed by atoms with E-state index >= 15 is 0 Å². The van der Waals surface area contributed by atoms with Crippen LogP contribution < -0.4 is 4.90 Å². The molecule has 1 aromatic heterocycles. The minimum atomic E-state index is -0.413. The lowest BCUT2D eigenvalue weighted by Gasteiger charge is -2.32. The average Bonchev–Trinajstić information content (AvgIpc) is 2.29. The van der Waals surface area contributed by atoms with E-state index in [0.29, 0.717) is 0 Å². The van der Waals surface area contributed by atoms with E-state index in [0.717, 1.165) is 30.4 Å². The first-order chi connectivity index (χ1) is 7.66. The normalized spacial score (nSPS) is 23.2. The first kappa shape index (κ1) is 11.4. The lowest BCUT2D eigenvalue weighted by molar-refractivity contribution is 0.199. The average molecular weight is 220 g/mol. The van der Waals surface area contributed by atoms with Crippen LogP contribution in [0.4, 0.5) is 5.82 Å². The fourth-order valence-electron chi connectivity index (χ4n) is 2.26. The number of piperidine rings is 1. The molecule has 1 aliphatic heterocycles. The van der Waals surface area contributed by atoms with Gasteiger partial charge in [-0.25, -0.2) is 4.98 Å². The van der Waals surface area contributed by atoms with Crippen LogP contribution in [-0.4, -0.2) is 23.2 Å². The van der Waals surface area contributed by atoms with Gasteiger partial charge in [-0.2, -0.15) is 0 Å². The lowest BCUT2D eigenvalue weighted by Crippen LogP contribution is -2.34. The van der Waals surface area contributed by atoms with Crippen molar-refractivity contribution in [2.45, 2.75) is 32.8 Å². The van der Waals surface area contributed by atoms with Gasteiger partial charge in [0, 0.05) is 19.3 Å². The number of rotatable bonds is 2. The van der Waals surface area contributed by atoms with Crippen LogP contribution in [0.2, 0.25) is 0 Å². The third-order valence-electron chi connectivity index (χ3n) is 3.23. The van der Waals surface area contributed by atoms with E-state index in [1.54, 1.807) is 13.1 Å². The largest absolute Gasteiger partial charge is 0.389 e. The van der Waals surface area contributed by atoms with Crippen molar-refractivity contribution in [3.8, 4) is 0 Å². The topological polar surface area (TPSA) is 36.4 Å². The van der Waals surface area contributed by atoms with E-state index in [-0.39, 0.29) is 0 Å². The SMILES string of the molecule is CC1CCCN(c2cc([C@@H](C)O)ccn2)C1. The van der Waals surface area contributed by atoms with Crippen LogP contribution in [0.3, 0.4) is 0 Å². The molecule has 3 nitrogen and oxygen atoms in total. The molecule has 88 valence electrons. The molecule has 2 heterocycles. The van der Waals surface area contributed by atoms with Crippen LogP contribution in [0, 0.1) is 5.92 Å². The number of aromatic nitrogens is 1. The first-order valence-electron chi connectivity index (χ1n) is 6.06. The van der Waals surface area contributed by atoms with Crippen LogP contribution in [0.15, 0.2) is 18.3 Å². The summed E-state index contributed by atoms with van der Waals surface area (Å²) in [5.41, 5.74) is 0.947. The Hall–Kier alpha value is -1.09. The third kappa shape index (κ3) is 2.53. The molecule has 1 saturated heterocycles.